The van der Waals surface area contributed by atoms with Gasteiger partial charge in [0.05, 0.1) is 24.9 Å². The number of hydrogen-bond donors (Lipinski definition) is 0. The van der Waals surface area contributed by atoms with Gasteiger partial charge in [0.15, 0.2) is 5.82 Å². The molecule has 7 nitrogen and oxygen atoms in total. The molecule has 162 valence electrons. The fraction of sp³-hybridized carbons (Fsp3) is 0.458. The zero-order valence-electron chi connectivity index (χ0n) is 18.1. The number of rotatable bonds is 6. The Hall–Kier alpha value is -2.93. The molecule has 1 atom stereocenters. The van der Waals surface area contributed by atoms with Crippen LogP contribution in [0.3, 0.4) is 0 Å². The summed E-state index contributed by atoms with van der Waals surface area (Å²) in [6.07, 6.45) is 4.86. The van der Waals surface area contributed by atoms with E-state index in [9.17, 15) is 0 Å². The molecule has 0 radical (unpaired) electrons. The first-order valence-corrected chi connectivity index (χ1v) is 11.3. The summed E-state index contributed by atoms with van der Waals surface area (Å²) in [5.41, 5.74) is 2.42. The van der Waals surface area contributed by atoms with Crippen molar-refractivity contribution >= 4 is 5.69 Å². The maximum Gasteiger partial charge on any atom is 0.173 e. The van der Waals surface area contributed by atoms with Crippen molar-refractivity contribution in [3.63, 3.8) is 0 Å². The largest absolute Gasteiger partial charge is 0.495 e. The van der Waals surface area contributed by atoms with E-state index >= 15 is 0 Å². The summed E-state index contributed by atoms with van der Waals surface area (Å²) in [6, 6.07) is 19.4. The molecule has 2 aromatic carbocycles. The van der Waals surface area contributed by atoms with Gasteiger partial charge in [-0.25, -0.2) is 4.68 Å². The average Bonchev–Trinajstić information content (AvgIpc) is 3.53. The van der Waals surface area contributed by atoms with Gasteiger partial charge in [-0.1, -0.05) is 55.3 Å². The van der Waals surface area contributed by atoms with Crippen molar-refractivity contribution in [1.29, 1.82) is 0 Å². The highest BCUT2D eigenvalue weighted by molar-refractivity contribution is 5.58. The monoisotopic (exact) mass is 418 g/mol. The van der Waals surface area contributed by atoms with E-state index in [0.717, 1.165) is 43.4 Å². The van der Waals surface area contributed by atoms with Gasteiger partial charge in [0.25, 0.3) is 0 Å². The summed E-state index contributed by atoms with van der Waals surface area (Å²) in [5, 5.41) is 13.1. The third-order valence-corrected chi connectivity index (χ3v) is 6.65. The van der Waals surface area contributed by atoms with E-state index in [4.69, 9.17) is 4.74 Å². The van der Waals surface area contributed by atoms with Crippen molar-refractivity contribution in [3.8, 4) is 5.75 Å². The molecule has 1 aromatic heterocycles. The lowest BCUT2D eigenvalue weighted by Crippen LogP contribution is -2.48. The molecular formula is C24H30N6O. The number of hydrogen-bond acceptors (Lipinski definition) is 6. The lowest BCUT2D eigenvalue weighted by molar-refractivity contribution is 0.197. The lowest BCUT2D eigenvalue weighted by atomic mass is 10.0. The van der Waals surface area contributed by atoms with Crippen LogP contribution in [-0.2, 0) is 0 Å². The third kappa shape index (κ3) is 4.02. The van der Waals surface area contributed by atoms with Crippen LogP contribution >= 0.6 is 0 Å². The lowest BCUT2D eigenvalue weighted by Gasteiger charge is -2.40. The molecule has 0 spiro atoms. The molecule has 5 rings (SSSR count). The highest BCUT2D eigenvalue weighted by Gasteiger charge is 2.33. The SMILES string of the molecule is COc1ccccc1N1CCN([C@@H](c2ccccc2)c2nnnn2C2CCCC2)CC1. The number of para-hydroxylation sites is 2. The summed E-state index contributed by atoms with van der Waals surface area (Å²) >= 11 is 0. The van der Waals surface area contributed by atoms with Gasteiger partial charge in [-0.15, -0.1) is 5.10 Å². The van der Waals surface area contributed by atoms with Gasteiger partial charge >= 0.3 is 0 Å². The summed E-state index contributed by atoms with van der Waals surface area (Å²) < 4.78 is 7.70. The van der Waals surface area contributed by atoms with Gasteiger partial charge < -0.3 is 9.64 Å². The zero-order valence-corrected chi connectivity index (χ0v) is 18.1. The Morgan fingerprint density at radius 1 is 0.903 bits per heavy atom. The van der Waals surface area contributed by atoms with Gasteiger partial charge in [0.1, 0.15) is 5.75 Å². The van der Waals surface area contributed by atoms with E-state index in [2.05, 4.69) is 72.5 Å². The fourth-order valence-corrected chi connectivity index (χ4v) is 5.06. The number of benzene rings is 2. The minimum atomic E-state index is 0.0663. The second-order valence-electron chi connectivity index (χ2n) is 8.43. The van der Waals surface area contributed by atoms with Crippen LogP contribution in [0.25, 0.3) is 0 Å². The van der Waals surface area contributed by atoms with Gasteiger partial charge in [0, 0.05) is 26.2 Å². The molecular weight excluding hydrogens is 388 g/mol. The first kappa shape index (κ1) is 20.0. The van der Waals surface area contributed by atoms with E-state index in [1.807, 2.05) is 12.1 Å². The molecule has 2 fully saturated rings. The number of piperazine rings is 1. The molecule has 2 heterocycles. The standard InChI is InChI=1S/C24H30N6O/c1-31-22-14-8-7-13-21(22)28-15-17-29(18-16-28)23(19-9-3-2-4-10-19)24-25-26-27-30(24)20-11-5-6-12-20/h2-4,7-10,13-14,20,23H,5-6,11-12,15-18H2,1H3/t23-/m0/s1. The number of methoxy groups -OCH3 is 1. The number of tetrazole rings is 1. The van der Waals surface area contributed by atoms with Crippen LogP contribution in [0.5, 0.6) is 5.75 Å². The fourth-order valence-electron chi connectivity index (χ4n) is 5.06. The van der Waals surface area contributed by atoms with Crippen molar-refractivity contribution in [2.75, 3.05) is 38.2 Å². The van der Waals surface area contributed by atoms with Crippen molar-refractivity contribution < 1.29 is 4.74 Å². The van der Waals surface area contributed by atoms with E-state index < -0.39 is 0 Å². The quantitative estimate of drug-likeness (QED) is 0.608. The average molecular weight is 419 g/mol. The molecule has 0 unspecified atom stereocenters. The van der Waals surface area contributed by atoms with Crippen LogP contribution < -0.4 is 9.64 Å². The summed E-state index contributed by atoms with van der Waals surface area (Å²) in [5.74, 6) is 1.91. The molecule has 0 bridgehead atoms. The number of anilines is 1. The van der Waals surface area contributed by atoms with Gasteiger partial charge in [-0.05, 0) is 41.0 Å². The van der Waals surface area contributed by atoms with Crippen LogP contribution in [0, 0.1) is 0 Å². The minimum absolute atomic E-state index is 0.0663. The molecule has 0 amide bonds. The first-order chi connectivity index (χ1) is 15.3. The molecule has 2 aliphatic rings. The minimum Gasteiger partial charge on any atom is -0.495 e. The van der Waals surface area contributed by atoms with Gasteiger partial charge in [-0.3, -0.25) is 4.90 Å². The Bertz CT molecular complexity index is 976. The molecule has 1 aliphatic heterocycles. The van der Waals surface area contributed by atoms with Crippen molar-refractivity contribution in [1.82, 2.24) is 25.1 Å². The zero-order chi connectivity index (χ0) is 21.0. The molecule has 1 saturated heterocycles. The second kappa shape index (κ2) is 9.06. The van der Waals surface area contributed by atoms with Gasteiger partial charge in [0.2, 0.25) is 0 Å². The molecule has 31 heavy (non-hydrogen) atoms. The van der Waals surface area contributed by atoms with Crippen molar-refractivity contribution in [3.05, 3.63) is 66.0 Å². The number of ether oxygens (including phenoxy) is 1. The topological polar surface area (TPSA) is 59.3 Å². The van der Waals surface area contributed by atoms with Crippen LogP contribution in [0.4, 0.5) is 5.69 Å². The van der Waals surface area contributed by atoms with E-state index in [1.54, 1.807) is 7.11 Å². The van der Waals surface area contributed by atoms with E-state index in [0.29, 0.717) is 6.04 Å². The Morgan fingerprint density at radius 2 is 1.61 bits per heavy atom. The summed E-state index contributed by atoms with van der Waals surface area (Å²) in [6.45, 7) is 3.76. The molecule has 1 saturated carbocycles. The maximum absolute atomic E-state index is 5.59. The van der Waals surface area contributed by atoms with Crippen molar-refractivity contribution in [2.24, 2.45) is 0 Å². The van der Waals surface area contributed by atoms with Crippen molar-refractivity contribution in [2.45, 2.75) is 37.8 Å². The Labute approximate surface area is 183 Å². The van der Waals surface area contributed by atoms with Crippen LogP contribution in [0.2, 0.25) is 0 Å². The normalized spacial score (nSPS) is 18.9. The highest BCUT2D eigenvalue weighted by atomic mass is 16.5. The van der Waals surface area contributed by atoms with Crippen LogP contribution in [-0.4, -0.2) is 58.4 Å². The molecule has 3 aromatic rings. The first-order valence-electron chi connectivity index (χ1n) is 11.3. The smallest absolute Gasteiger partial charge is 0.173 e. The maximum atomic E-state index is 5.59. The molecule has 0 N–H and O–H groups in total. The summed E-state index contributed by atoms with van der Waals surface area (Å²) in [7, 11) is 1.74. The van der Waals surface area contributed by atoms with Crippen LogP contribution in [0.1, 0.15) is 49.2 Å². The third-order valence-electron chi connectivity index (χ3n) is 6.65. The summed E-state index contributed by atoms with van der Waals surface area (Å²) in [4.78, 5) is 4.94. The predicted octanol–water partition coefficient (Wildman–Crippen LogP) is 3.71. The molecule has 1 aliphatic carbocycles. The Kier molecular flexibility index (Phi) is 5.84. The van der Waals surface area contributed by atoms with E-state index in [1.165, 1.54) is 31.2 Å². The highest BCUT2D eigenvalue weighted by Crippen LogP contribution is 2.35. The molecule has 7 heteroatoms. The van der Waals surface area contributed by atoms with Crippen LogP contribution in [0.15, 0.2) is 54.6 Å². The van der Waals surface area contributed by atoms with Gasteiger partial charge in [-0.2, -0.15) is 0 Å². The number of aromatic nitrogens is 4. The predicted molar refractivity (Wildman–Crippen MR) is 120 cm³/mol. The Morgan fingerprint density at radius 3 is 2.35 bits per heavy atom. The number of nitrogens with zero attached hydrogens (tertiary/aromatic N) is 6. The second-order valence-corrected chi connectivity index (χ2v) is 8.43. The Balaban J connectivity index is 1.41. The van der Waals surface area contributed by atoms with E-state index in [-0.39, 0.29) is 6.04 Å².